The Morgan fingerprint density at radius 3 is 2.40 bits per heavy atom. The Hall–Kier alpha value is -2.45. The Kier molecular flexibility index (Phi) is 7.81. The van der Waals surface area contributed by atoms with Crippen LogP contribution in [0.2, 0.25) is 0 Å². The molecule has 3 rings (SSSR count). The van der Waals surface area contributed by atoms with E-state index in [1.54, 1.807) is 21.8 Å². The zero-order valence-corrected chi connectivity index (χ0v) is 17.8. The second-order valence-electron chi connectivity index (χ2n) is 7.79. The summed E-state index contributed by atoms with van der Waals surface area (Å²) in [6.07, 6.45) is 0.252. The van der Waals surface area contributed by atoms with Gasteiger partial charge >= 0.3 is 0 Å². The van der Waals surface area contributed by atoms with E-state index in [1.807, 2.05) is 37.3 Å². The molecule has 0 spiro atoms. The predicted octanol–water partition coefficient (Wildman–Crippen LogP) is 0.930. The van der Waals surface area contributed by atoms with Crippen LogP contribution in [0.4, 0.5) is 0 Å². The van der Waals surface area contributed by atoms with Crippen LogP contribution in [0.1, 0.15) is 24.9 Å². The number of hydrogen-bond donors (Lipinski definition) is 0. The van der Waals surface area contributed by atoms with Gasteiger partial charge in [0.2, 0.25) is 17.7 Å². The fraction of sp³-hybridized carbons (Fsp3) is 0.591. The molecule has 8 heteroatoms. The van der Waals surface area contributed by atoms with Crippen molar-refractivity contribution in [1.82, 2.24) is 14.7 Å². The summed E-state index contributed by atoms with van der Waals surface area (Å²) in [6, 6.07) is 9.82. The number of amides is 3. The number of benzene rings is 1. The van der Waals surface area contributed by atoms with Crippen LogP contribution in [-0.4, -0.2) is 92.1 Å². The topological polar surface area (TPSA) is 79.4 Å². The van der Waals surface area contributed by atoms with Gasteiger partial charge in [0.15, 0.2) is 0 Å². The first-order valence-corrected chi connectivity index (χ1v) is 10.5. The van der Waals surface area contributed by atoms with Gasteiger partial charge in [-0.05, 0) is 12.5 Å². The highest BCUT2D eigenvalue weighted by atomic mass is 16.5. The first-order valence-electron chi connectivity index (χ1n) is 10.5. The number of hydrogen-bond acceptors (Lipinski definition) is 5. The molecule has 2 fully saturated rings. The van der Waals surface area contributed by atoms with Gasteiger partial charge in [-0.1, -0.05) is 30.3 Å². The molecule has 8 nitrogen and oxygen atoms in total. The SMILES string of the molecule is COCCOCC(=O)N1CCN(C(=O)C2CC(=O)N(C(C)c3ccccc3)C2)CC1. The number of carbonyl (C=O) groups excluding carboxylic acids is 3. The van der Waals surface area contributed by atoms with Crippen molar-refractivity contribution in [2.45, 2.75) is 19.4 Å². The van der Waals surface area contributed by atoms with Crippen LogP contribution in [0.25, 0.3) is 0 Å². The lowest BCUT2D eigenvalue weighted by Gasteiger charge is -2.36. The smallest absolute Gasteiger partial charge is 0.248 e. The van der Waals surface area contributed by atoms with Crippen LogP contribution >= 0.6 is 0 Å². The van der Waals surface area contributed by atoms with Gasteiger partial charge in [0.05, 0.1) is 25.2 Å². The van der Waals surface area contributed by atoms with Crippen molar-refractivity contribution in [1.29, 1.82) is 0 Å². The zero-order valence-electron chi connectivity index (χ0n) is 17.8. The van der Waals surface area contributed by atoms with E-state index in [2.05, 4.69) is 0 Å². The molecule has 2 unspecified atom stereocenters. The molecule has 164 valence electrons. The van der Waals surface area contributed by atoms with E-state index < -0.39 is 0 Å². The number of methoxy groups -OCH3 is 1. The third kappa shape index (κ3) is 5.37. The Morgan fingerprint density at radius 1 is 1.07 bits per heavy atom. The highest BCUT2D eigenvalue weighted by Gasteiger charge is 2.39. The maximum absolute atomic E-state index is 13.0. The first-order chi connectivity index (χ1) is 14.5. The molecule has 2 aliphatic heterocycles. The minimum absolute atomic E-state index is 0.00885. The summed E-state index contributed by atoms with van der Waals surface area (Å²) in [5.74, 6) is -0.360. The summed E-state index contributed by atoms with van der Waals surface area (Å²) in [5, 5.41) is 0. The van der Waals surface area contributed by atoms with Gasteiger partial charge in [0, 0.05) is 46.3 Å². The standard InChI is InChI=1S/C22H31N3O5/c1-17(18-6-4-3-5-7-18)25-15-19(14-20(25)26)22(28)24-10-8-23(9-11-24)21(27)16-30-13-12-29-2/h3-7,17,19H,8-16H2,1-2H3. The Balaban J connectivity index is 1.47. The molecule has 0 aliphatic carbocycles. The maximum atomic E-state index is 13.0. The van der Waals surface area contributed by atoms with Crippen molar-refractivity contribution in [2.24, 2.45) is 5.92 Å². The molecule has 0 bridgehead atoms. The van der Waals surface area contributed by atoms with Crippen LogP contribution in [-0.2, 0) is 23.9 Å². The van der Waals surface area contributed by atoms with Gasteiger partial charge in [-0.3, -0.25) is 14.4 Å². The second kappa shape index (κ2) is 10.5. The largest absolute Gasteiger partial charge is 0.382 e. The number of carbonyl (C=O) groups is 3. The molecule has 2 saturated heterocycles. The molecule has 2 atom stereocenters. The number of nitrogens with zero attached hydrogens (tertiary/aromatic N) is 3. The van der Waals surface area contributed by atoms with E-state index in [0.717, 1.165) is 5.56 Å². The summed E-state index contributed by atoms with van der Waals surface area (Å²) in [5.41, 5.74) is 1.07. The summed E-state index contributed by atoms with van der Waals surface area (Å²) < 4.78 is 10.2. The summed E-state index contributed by atoms with van der Waals surface area (Å²) in [4.78, 5) is 43.0. The monoisotopic (exact) mass is 417 g/mol. The molecule has 0 N–H and O–H groups in total. The molecular formula is C22H31N3O5. The van der Waals surface area contributed by atoms with Crippen molar-refractivity contribution in [2.75, 3.05) is 59.7 Å². The molecule has 2 heterocycles. The van der Waals surface area contributed by atoms with Gasteiger partial charge in [-0.2, -0.15) is 0 Å². The minimum Gasteiger partial charge on any atom is -0.382 e. The van der Waals surface area contributed by atoms with Crippen LogP contribution in [0, 0.1) is 5.92 Å². The van der Waals surface area contributed by atoms with Gasteiger partial charge in [0.25, 0.3) is 0 Å². The third-order valence-corrected chi connectivity index (χ3v) is 5.86. The molecule has 1 aromatic rings. The van der Waals surface area contributed by atoms with E-state index in [4.69, 9.17) is 9.47 Å². The van der Waals surface area contributed by atoms with Crippen molar-refractivity contribution in [3.8, 4) is 0 Å². The number of piperazine rings is 1. The fourth-order valence-electron chi connectivity index (χ4n) is 4.01. The Labute approximate surface area is 177 Å². The number of ether oxygens (including phenoxy) is 2. The fourth-order valence-corrected chi connectivity index (χ4v) is 4.01. The average molecular weight is 418 g/mol. The highest BCUT2D eigenvalue weighted by molar-refractivity contribution is 5.89. The molecular weight excluding hydrogens is 386 g/mol. The maximum Gasteiger partial charge on any atom is 0.248 e. The molecule has 0 saturated carbocycles. The summed E-state index contributed by atoms with van der Waals surface area (Å²) in [7, 11) is 1.58. The molecule has 0 radical (unpaired) electrons. The molecule has 30 heavy (non-hydrogen) atoms. The molecule has 3 amide bonds. The van der Waals surface area contributed by atoms with Crippen LogP contribution in [0.5, 0.6) is 0 Å². The second-order valence-corrected chi connectivity index (χ2v) is 7.79. The minimum atomic E-state index is -0.316. The van der Waals surface area contributed by atoms with Gasteiger partial charge in [-0.15, -0.1) is 0 Å². The average Bonchev–Trinajstić information content (AvgIpc) is 3.17. The number of likely N-dealkylation sites (tertiary alicyclic amines) is 1. The van der Waals surface area contributed by atoms with E-state index in [9.17, 15) is 14.4 Å². The van der Waals surface area contributed by atoms with E-state index >= 15 is 0 Å². The quantitative estimate of drug-likeness (QED) is 0.588. The molecule has 2 aliphatic rings. The Bertz CT molecular complexity index is 734. The third-order valence-electron chi connectivity index (χ3n) is 5.86. The van der Waals surface area contributed by atoms with Crippen LogP contribution in [0.15, 0.2) is 30.3 Å². The predicted molar refractivity (Wildman–Crippen MR) is 111 cm³/mol. The highest BCUT2D eigenvalue weighted by Crippen LogP contribution is 2.29. The van der Waals surface area contributed by atoms with Crippen molar-refractivity contribution in [3.63, 3.8) is 0 Å². The van der Waals surface area contributed by atoms with E-state index in [0.29, 0.717) is 45.9 Å². The summed E-state index contributed by atoms with van der Waals surface area (Å²) in [6.45, 7) is 5.26. The van der Waals surface area contributed by atoms with Crippen molar-refractivity contribution < 1.29 is 23.9 Å². The molecule has 0 aromatic heterocycles. The van der Waals surface area contributed by atoms with Crippen molar-refractivity contribution >= 4 is 17.7 Å². The lowest BCUT2D eigenvalue weighted by Crippen LogP contribution is -2.52. The molecule has 1 aromatic carbocycles. The van der Waals surface area contributed by atoms with Crippen LogP contribution < -0.4 is 0 Å². The van der Waals surface area contributed by atoms with Gasteiger partial charge < -0.3 is 24.2 Å². The van der Waals surface area contributed by atoms with Crippen LogP contribution in [0.3, 0.4) is 0 Å². The van der Waals surface area contributed by atoms with Gasteiger partial charge in [0.1, 0.15) is 6.61 Å². The normalized spacial score (nSPS) is 20.5. The van der Waals surface area contributed by atoms with E-state index in [-0.39, 0.29) is 42.7 Å². The Morgan fingerprint density at radius 2 is 1.73 bits per heavy atom. The van der Waals surface area contributed by atoms with Crippen molar-refractivity contribution in [3.05, 3.63) is 35.9 Å². The summed E-state index contributed by atoms with van der Waals surface area (Å²) >= 11 is 0. The lowest BCUT2D eigenvalue weighted by atomic mass is 10.1. The number of rotatable bonds is 8. The lowest BCUT2D eigenvalue weighted by molar-refractivity contribution is -0.144. The first kappa shape index (κ1) is 22.2. The zero-order chi connectivity index (χ0) is 21.5. The van der Waals surface area contributed by atoms with Gasteiger partial charge in [-0.25, -0.2) is 0 Å². The van der Waals surface area contributed by atoms with E-state index in [1.165, 1.54) is 0 Å².